The Bertz CT molecular complexity index is 1320. The Morgan fingerprint density at radius 1 is 1.15 bits per heavy atom. The number of hydrogen-bond donors (Lipinski definition) is 2. The van der Waals surface area contributed by atoms with Crippen LogP contribution in [0.25, 0.3) is 0 Å². The Balaban J connectivity index is 1.61. The molecular formula is C27H28N4O3. The van der Waals surface area contributed by atoms with E-state index in [1.807, 2.05) is 55.5 Å². The number of para-hydroxylation sites is 1. The predicted molar refractivity (Wildman–Crippen MR) is 131 cm³/mol. The van der Waals surface area contributed by atoms with E-state index < -0.39 is 6.04 Å². The van der Waals surface area contributed by atoms with Gasteiger partial charge in [-0.15, -0.1) is 0 Å². The van der Waals surface area contributed by atoms with E-state index in [1.165, 1.54) is 0 Å². The van der Waals surface area contributed by atoms with Crippen LogP contribution in [-0.2, 0) is 4.79 Å². The van der Waals surface area contributed by atoms with Crippen LogP contribution in [0.3, 0.4) is 0 Å². The minimum atomic E-state index is -0.480. The highest BCUT2D eigenvalue weighted by Crippen LogP contribution is 2.47. The fraction of sp³-hybridized carbons (Fsp3) is 0.296. The number of ether oxygens (including phenoxy) is 1. The van der Waals surface area contributed by atoms with Gasteiger partial charge in [-0.3, -0.25) is 9.59 Å². The van der Waals surface area contributed by atoms with Crippen molar-refractivity contribution in [2.24, 2.45) is 5.41 Å². The van der Waals surface area contributed by atoms with E-state index in [9.17, 15) is 9.59 Å². The molecule has 34 heavy (non-hydrogen) atoms. The minimum Gasteiger partial charge on any atom is -0.496 e. The number of ketones is 1. The molecular weight excluding hydrogens is 428 g/mol. The standard InChI is InChI=1S/C27H28N4O3/c1-16-9-11-17(12-10-16)29-26(33)19-15-28-31-24(18-7-5-6-8-22(18)34-4)23-20(30-25(19)31)13-27(2,3)14-21(23)32/h5-12,15,24,30H,13-14H2,1-4H3,(H,29,33)/t24-/m0/s1. The number of carbonyl (C=O) groups excluding carboxylic acids is 2. The summed E-state index contributed by atoms with van der Waals surface area (Å²) < 4.78 is 7.37. The number of Topliss-reactive ketones (excluding diaryl/α,β-unsaturated/α-hetero) is 1. The van der Waals surface area contributed by atoms with Crippen molar-refractivity contribution in [3.63, 3.8) is 0 Å². The van der Waals surface area contributed by atoms with Crippen LogP contribution in [0.4, 0.5) is 11.5 Å². The fourth-order valence-electron chi connectivity index (χ4n) is 4.89. The highest BCUT2D eigenvalue weighted by molar-refractivity contribution is 6.08. The van der Waals surface area contributed by atoms with E-state index in [2.05, 4.69) is 29.6 Å². The van der Waals surface area contributed by atoms with Crippen molar-refractivity contribution in [3.8, 4) is 5.75 Å². The molecule has 1 amide bonds. The highest BCUT2D eigenvalue weighted by atomic mass is 16.5. The van der Waals surface area contributed by atoms with E-state index in [4.69, 9.17) is 4.74 Å². The first-order valence-corrected chi connectivity index (χ1v) is 11.4. The van der Waals surface area contributed by atoms with Gasteiger partial charge in [-0.25, -0.2) is 4.68 Å². The molecule has 2 aliphatic rings. The largest absolute Gasteiger partial charge is 0.496 e. The summed E-state index contributed by atoms with van der Waals surface area (Å²) in [6, 6.07) is 14.8. The Kier molecular flexibility index (Phi) is 5.27. The first kappa shape index (κ1) is 21.9. The summed E-state index contributed by atoms with van der Waals surface area (Å²) in [5.74, 6) is 1.07. The maximum Gasteiger partial charge on any atom is 0.261 e. The molecule has 7 heteroatoms. The van der Waals surface area contributed by atoms with Gasteiger partial charge in [0.25, 0.3) is 5.91 Å². The Morgan fingerprint density at radius 3 is 2.62 bits per heavy atom. The molecule has 2 aromatic carbocycles. The molecule has 0 unspecified atom stereocenters. The molecule has 1 atom stereocenters. The third-order valence-electron chi connectivity index (χ3n) is 6.49. The van der Waals surface area contributed by atoms with Crippen molar-refractivity contribution in [2.45, 2.75) is 39.7 Å². The Labute approximate surface area is 198 Å². The van der Waals surface area contributed by atoms with Gasteiger partial charge in [0.05, 0.1) is 13.3 Å². The molecule has 2 heterocycles. The summed E-state index contributed by atoms with van der Waals surface area (Å²) >= 11 is 0. The van der Waals surface area contributed by atoms with Crippen molar-refractivity contribution in [2.75, 3.05) is 17.7 Å². The van der Waals surface area contributed by atoms with Gasteiger partial charge in [0.15, 0.2) is 5.78 Å². The van der Waals surface area contributed by atoms with Crippen LogP contribution in [-0.4, -0.2) is 28.6 Å². The molecule has 1 aromatic heterocycles. The molecule has 0 saturated heterocycles. The number of methoxy groups -OCH3 is 1. The number of aromatic nitrogens is 2. The van der Waals surface area contributed by atoms with E-state index in [1.54, 1.807) is 18.0 Å². The highest BCUT2D eigenvalue weighted by Gasteiger charge is 2.43. The number of allylic oxidation sites excluding steroid dienone is 2. The first-order chi connectivity index (χ1) is 16.3. The van der Waals surface area contributed by atoms with Gasteiger partial charge in [-0.2, -0.15) is 5.10 Å². The van der Waals surface area contributed by atoms with Crippen molar-refractivity contribution < 1.29 is 14.3 Å². The summed E-state index contributed by atoms with van der Waals surface area (Å²) in [6.07, 6.45) is 2.71. The van der Waals surface area contributed by atoms with Crippen LogP contribution in [0.5, 0.6) is 5.75 Å². The molecule has 7 nitrogen and oxygen atoms in total. The molecule has 1 aliphatic heterocycles. The molecule has 0 spiro atoms. The lowest BCUT2D eigenvalue weighted by molar-refractivity contribution is -0.118. The molecule has 5 rings (SSSR count). The zero-order valence-electron chi connectivity index (χ0n) is 19.8. The summed E-state index contributed by atoms with van der Waals surface area (Å²) in [5.41, 5.74) is 4.43. The number of benzene rings is 2. The molecule has 0 saturated carbocycles. The lowest BCUT2D eigenvalue weighted by Crippen LogP contribution is -2.37. The number of hydrogen-bond acceptors (Lipinski definition) is 5. The summed E-state index contributed by atoms with van der Waals surface area (Å²) in [4.78, 5) is 26.6. The van der Waals surface area contributed by atoms with Crippen LogP contribution < -0.4 is 15.4 Å². The van der Waals surface area contributed by atoms with Crippen LogP contribution in [0.15, 0.2) is 66.0 Å². The molecule has 1 aliphatic carbocycles. The molecule has 174 valence electrons. The van der Waals surface area contributed by atoms with E-state index >= 15 is 0 Å². The van der Waals surface area contributed by atoms with E-state index in [0.29, 0.717) is 41.2 Å². The average molecular weight is 457 g/mol. The second-order valence-electron chi connectivity index (χ2n) is 9.77. The lowest BCUT2D eigenvalue weighted by Gasteiger charge is -2.39. The molecule has 0 bridgehead atoms. The predicted octanol–water partition coefficient (Wildman–Crippen LogP) is 5.11. The number of nitrogens with one attached hydrogen (secondary N) is 2. The number of fused-ring (bicyclic) bond motifs is 1. The van der Waals surface area contributed by atoms with Crippen LogP contribution >= 0.6 is 0 Å². The summed E-state index contributed by atoms with van der Waals surface area (Å²) in [6.45, 7) is 6.18. The second-order valence-corrected chi connectivity index (χ2v) is 9.77. The van der Waals surface area contributed by atoms with E-state index in [0.717, 1.165) is 16.8 Å². The SMILES string of the molecule is COc1ccccc1[C@H]1C2=C(CC(C)(C)CC2=O)Nc2c(C(=O)Nc3ccc(C)cc3)cnn21. The zero-order valence-corrected chi connectivity index (χ0v) is 19.8. The second kappa shape index (κ2) is 8.17. The topological polar surface area (TPSA) is 85.2 Å². The van der Waals surface area contributed by atoms with Gasteiger partial charge in [-0.1, -0.05) is 49.7 Å². The van der Waals surface area contributed by atoms with E-state index in [-0.39, 0.29) is 17.1 Å². The monoisotopic (exact) mass is 456 g/mol. The number of rotatable bonds is 4. The van der Waals surface area contributed by atoms with Crippen molar-refractivity contribution in [1.29, 1.82) is 0 Å². The normalized spacial score (nSPS) is 18.6. The molecule has 0 fully saturated rings. The number of nitrogens with zero attached hydrogens (tertiary/aromatic N) is 2. The first-order valence-electron chi connectivity index (χ1n) is 11.4. The number of anilines is 2. The summed E-state index contributed by atoms with van der Waals surface area (Å²) in [7, 11) is 1.62. The van der Waals surface area contributed by atoms with Gasteiger partial charge in [-0.05, 0) is 37.0 Å². The van der Waals surface area contributed by atoms with Crippen molar-refractivity contribution >= 4 is 23.2 Å². The molecule has 0 radical (unpaired) electrons. The third-order valence-corrected chi connectivity index (χ3v) is 6.49. The molecule has 3 aromatic rings. The minimum absolute atomic E-state index is 0.0847. The number of amides is 1. The Morgan fingerprint density at radius 2 is 1.88 bits per heavy atom. The zero-order chi connectivity index (χ0) is 24.0. The van der Waals surface area contributed by atoms with Gasteiger partial charge < -0.3 is 15.4 Å². The summed E-state index contributed by atoms with van der Waals surface area (Å²) in [5, 5.41) is 10.9. The van der Waals surface area contributed by atoms with Crippen molar-refractivity contribution in [1.82, 2.24) is 9.78 Å². The average Bonchev–Trinajstić information content (AvgIpc) is 3.22. The van der Waals surface area contributed by atoms with Crippen LogP contribution in [0, 0.1) is 12.3 Å². The number of carbonyl (C=O) groups is 2. The number of aryl methyl sites for hydroxylation is 1. The van der Waals surface area contributed by atoms with Gasteiger partial charge in [0.1, 0.15) is 23.2 Å². The van der Waals surface area contributed by atoms with Gasteiger partial charge in [0, 0.05) is 28.9 Å². The van der Waals surface area contributed by atoms with Gasteiger partial charge in [0.2, 0.25) is 0 Å². The smallest absolute Gasteiger partial charge is 0.261 e. The fourth-order valence-corrected chi connectivity index (χ4v) is 4.89. The lowest BCUT2D eigenvalue weighted by atomic mass is 9.73. The van der Waals surface area contributed by atoms with Crippen LogP contribution in [0.1, 0.15) is 54.2 Å². The maximum absolute atomic E-state index is 13.4. The third kappa shape index (κ3) is 3.77. The molecule has 2 N–H and O–H groups in total. The Hall–Kier alpha value is -3.87. The van der Waals surface area contributed by atoms with Crippen molar-refractivity contribution in [3.05, 3.63) is 82.7 Å². The quantitative estimate of drug-likeness (QED) is 0.570. The van der Waals surface area contributed by atoms with Gasteiger partial charge >= 0.3 is 0 Å². The van der Waals surface area contributed by atoms with Crippen LogP contribution in [0.2, 0.25) is 0 Å². The maximum atomic E-state index is 13.4.